The summed E-state index contributed by atoms with van der Waals surface area (Å²) in [5.74, 6) is 1.88. The lowest BCUT2D eigenvalue weighted by atomic mass is 10.1. The summed E-state index contributed by atoms with van der Waals surface area (Å²) in [6, 6.07) is 6.39. The van der Waals surface area contributed by atoms with Crippen LogP contribution in [0.3, 0.4) is 0 Å². The summed E-state index contributed by atoms with van der Waals surface area (Å²) in [7, 11) is 0. The van der Waals surface area contributed by atoms with Gasteiger partial charge in [0.25, 0.3) is 0 Å². The number of amides is 1. The summed E-state index contributed by atoms with van der Waals surface area (Å²) < 4.78 is 21.3. The number of anilines is 2. The number of nitrogens with one attached hydrogen (secondary N) is 1. The van der Waals surface area contributed by atoms with E-state index < -0.39 is 0 Å². The van der Waals surface area contributed by atoms with Gasteiger partial charge in [-0.2, -0.15) is 0 Å². The summed E-state index contributed by atoms with van der Waals surface area (Å²) in [4.78, 5) is 18.8. The monoisotopic (exact) mass is 383 g/mol. The molecule has 3 heterocycles. The zero-order valence-corrected chi connectivity index (χ0v) is 15.7. The second kappa shape index (κ2) is 7.84. The van der Waals surface area contributed by atoms with E-state index in [4.69, 9.17) is 4.52 Å². The number of halogens is 1. The molecule has 0 spiro atoms. The highest BCUT2D eigenvalue weighted by Gasteiger charge is 2.27. The Bertz CT molecular complexity index is 981. The number of hydrogen-bond acceptors (Lipinski definition) is 5. The number of hydrogen-bond donors (Lipinski definition) is 1. The fraction of sp³-hybridized carbons (Fsp3) is 0.350. The molecule has 0 saturated heterocycles. The van der Waals surface area contributed by atoms with E-state index >= 15 is 0 Å². The molecule has 3 aromatic rings. The van der Waals surface area contributed by atoms with Crippen molar-refractivity contribution < 1.29 is 13.7 Å². The molecule has 0 unspecified atom stereocenters. The van der Waals surface area contributed by atoms with Crippen LogP contribution in [0, 0.1) is 5.82 Å². The number of benzene rings is 1. The van der Waals surface area contributed by atoms with Crippen molar-refractivity contribution in [2.75, 3.05) is 11.9 Å². The maximum Gasteiger partial charge on any atom is 0.224 e. The number of carbonyl (C=O) groups excluding carboxylic acids is 1. The fourth-order valence-corrected chi connectivity index (χ4v) is 3.44. The standard InChI is InChI=1S/C20H22FN5O2/c1-2-18-22-9-12-25(18)11-8-19(27)26-10-7-17-14(13-26)20(24-28-17)23-16-6-4-3-5-15(16)21/h3-6,9,12H,2,7-8,10-11,13H2,1H3,(H,23,24). The quantitative estimate of drug-likeness (QED) is 0.707. The molecular formula is C20H22FN5O2. The third kappa shape index (κ3) is 3.62. The summed E-state index contributed by atoms with van der Waals surface area (Å²) in [5.41, 5.74) is 1.13. The van der Waals surface area contributed by atoms with Gasteiger partial charge in [-0.15, -0.1) is 0 Å². The zero-order chi connectivity index (χ0) is 19.5. The largest absolute Gasteiger partial charge is 0.359 e. The molecular weight excluding hydrogens is 361 g/mol. The van der Waals surface area contributed by atoms with Gasteiger partial charge in [-0.25, -0.2) is 9.37 Å². The maximum atomic E-state index is 13.9. The molecule has 1 N–H and O–H groups in total. The molecule has 1 amide bonds. The molecule has 0 saturated carbocycles. The Balaban J connectivity index is 1.43. The van der Waals surface area contributed by atoms with Crippen LogP contribution in [-0.2, 0) is 30.7 Å². The van der Waals surface area contributed by atoms with Crippen LogP contribution in [0.4, 0.5) is 15.9 Å². The topological polar surface area (TPSA) is 76.2 Å². The number of aryl methyl sites for hydroxylation is 2. The first kappa shape index (κ1) is 18.2. The summed E-state index contributed by atoms with van der Waals surface area (Å²) in [6.45, 7) is 3.64. The predicted molar refractivity (Wildman–Crippen MR) is 102 cm³/mol. The smallest absolute Gasteiger partial charge is 0.224 e. The molecule has 1 aromatic carbocycles. The molecule has 1 aliphatic heterocycles. The summed E-state index contributed by atoms with van der Waals surface area (Å²) in [6.07, 6.45) is 5.49. The van der Waals surface area contributed by atoms with Crippen LogP contribution in [0.5, 0.6) is 0 Å². The minimum atomic E-state index is -0.366. The van der Waals surface area contributed by atoms with E-state index in [9.17, 15) is 9.18 Å². The van der Waals surface area contributed by atoms with Gasteiger partial charge in [0.2, 0.25) is 5.91 Å². The highest BCUT2D eigenvalue weighted by molar-refractivity contribution is 5.77. The highest BCUT2D eigenvalue weighted by atomic mass is 19.1. The molecule has 0 atom stereocenters. The van der Waals surface area contributed by atoms with Gasteiger partial charge in [0.1, 0.15) is 17.4 Å². The zero-order valence-electron chi connectivity index (χ0n) is 15.7. The first-order valence-electron chi connectivity index (χ1n) is 9.42. The first-order valence-corrected chi connectivity index (χ1v) is 9.42. The van der Waals surface area contributed by atoms with Crippen LogP contribution in [0.15, 0.2) is 41.2 Å². The Morgan fingerprint density at radius 1 is 1.36 bits per heavy atom. The minimum absolute atomic E-state index is 0.0689. The highest BCUT2D eigenvalue weighted by Crippen LogP contribution is 2.29. The van der Waals surface area contributed by atoms with E-state index in [2.05, 4.69) is 15.5 Å². The van der Waals surface area contributed by atoms with Crippen molar-refractivity contribution in [2.24, 2.45) is 0 Å². The van der Waals surface area contributed by atoms with Crippen molar-refractivity contribution in [1.29, 1.82) is 0 Å². The molecule has 8 heteroatoms. The lowest BCUT2D eigenvalue weighted by molar-refractivity contribution is -0.132. The summed E-state index contributed by atoms with van der Waals surface area (Å²) in [5, 5.41) is 7.01. The molecule has 0 bridgehead atoms. The van der Waals surface area contributed by atoms with E-state index in [0.717, 1.165) is 23.6 Å². The Morgan fingerprint density at radius 3 is 3.04 bits per heavy atom. The normalized spacial score (nSPS) is 13.4. The predicted octanol–water partition coefficient (Wildman–Crippen LogP) is 3.29. The second-order valence-corrected chi connectivity index (χ2v) is 6.74. The van der Waals surface area contributed by atoms with Crippen molar-refractivity contribution in [1.82, 2.24) is 19.6 Å². The summed E-state index contributed by atoms with van der Waals surface area (Å²) >= 11 is 0. The number of rotatable bonds is 6. The minimum Gasteiger partial charge on any atom is -0.359 e. The van der Waals surface area contributed by atoms with Gasteiger partial charge in [0.05, 0.1) is 17.8 Å². The van der Waals surface area contributed by atoms with Crippen molar-refractivity contribution in [3.8, 4) is 0 Å². The lowest BCUT2D eigenvalue weighted by Gasteiger charge is -2.26. The molecule has 146 valence electrons. The van der Waals surface area contributed by atoms with Crippen molar-refractivity contribution in [2.45, 2.75) is 39.3 Å². The first-order chi connectivity index (χ1) is 13.7. The van der Waals surface area contributed by atoms with Crippen LogP contribution < -0.4 is 5.32 Å². The van der Waals surface area contributed by atoms with Crippen molar-refractivity contribution >= 4 is 17.4 Å². The van der Waals surface area contributed by atoms with Gasteiger partial charge >= 0.3 is 0 Å². The van der Waals surface area contributed by atoms with E-state index in [-0.39, 0.29) is 11.7 Å². The van der Waals surface area contributed by atoms with Crippen LogP contribution in [0.2, 0.25) is 0 Å². The van der Waals surface area contributed by atoms with Crippen LogP contribution in [-0.4, -0.2) is 32.1 Å². The van der Waals surface area contributed by atoms with Crippen molar-refractivity contribution in [3.05, 3.63) is 59.6 Å². The van der Waals surface area contributed by atoms with Gasteiger partial charge in [-0.05, 0) is 12.1 Å². The third-order valence-electron chi connectivity index (χ3n) is 4.99. The fourth-order valence-electron chi connectivity index (χ4n) is 3.44. The SMILES string of the molecule is CCc1nccn1CCC(=O)N1CCc2onc(Nc3ccccc3F)c2C1. The van der Waals surface area contributed by atoms with E-state index in [1.165, 1.54) is 6.07 Å². The number of para-hydroxylation sites is 1. The average molecular weight is 383 g/mol. The number of aromatic nitrogens is 3. The average Bonchev–Trinajstić information content (AvgIpc) is 3.34. The number of imidazole rings is 1. The Morgan fingerprint density at radius 2 is 2.21 bits per heavy atom. The van der Waals surface area contributed by atoms with Gasteiger partial charge in [0, 0.05) is 44.7 Å². The molecule has 7 nitrogen and oxygen atoms in total. The van der Waals surface area contributed by atoms with Gasteiger partial charge in [-0.3, -0.25) is 4.79 Å². The maximum absolute atomic E-state index is 13.9. The molecule has 2 aromatic heterocycles. The molecule has 0 radical (unpaired) electrons. The third-order valence-corrected chi connectivity index (χ3v) is 4.99. The molecule has 0 fully saturated rings. The second-order valence-electron chi connectivity index (χ2n) is 6.74. The van der Waals surface area contributed by atoms with Crippen LogP contribution >= 0.6 is 0 Å². The number of nitrogens with zero attached hydrogens (tertiary/aromatic N) is 4. The Hall–Kier alpha value is -3.16. The van der Waals surface area contributed by atoms with Crippen LogP contribution in [0.25, 0.3) is 0 Å². The van der Waals surface area contributed by atoms with Gasteiger partial charge < -0.3 is 19.3 Å². The number of carbonyl (C=O) groups is 1. The number of fused-ring (bicyclic) bond motifs is 1. The van der Waals surface area contributed by atoms with E-state index in [1.807, 2.05) is 17.7 Å². The molecule has 28 heavy (non-hydrogen) atoms. The van der Waals surface area contributed by atoms with Gasteiger partial charge in [0.15, 0.2) is 5.82 Å². The Labute approximate surface area is 162 Å². The van der Waals surface area contributed by atoms with Gasteiger partial charge in [-0.1, -0.05) is 24.2 Å². The molecule has 0 aliphatic carbocycles. The lowest BCUT2D eigenvalue weighted by Crippen LogP contribution is -2.36. The van der Waals surface area contributed by atoms with E-state index in [0.29, 0.717) is 44.0 Å². The van der Waals surface area contributed by atoms with Crippen LogP contribution in [0.1, 0.15) is 30.5 Å². The Kier molecular flexibility index (Phi) is 5.10. The van der Waals surface area contributed by atoms with Crippen molar-refractivity contribution in [3.63, 3.8) is 0 Å². The van der Waals surface area contributed by atoms with E-state index in [1.54, 1.807) is 29.3 Å². The molecule has 1 aliphatic rings. The molecule has 4 rings (SSSR count).